The molecule has 0 spiro atoms. The van der Waals surface area contributed by atoms with Gasteiger partial charge in [0.2, 0.25) is 0 Å². The number of benzene rings is 1. The third-order valence-corrected chi connectivity index (χ3v) is 1.73. The Morgan fingerprint density at radius 2 is 2.08 bits per heavy atom. The molecular formula is C9H12O2S. The van der Waals surface area contributed by atoms with Gasteiger partial charge in [0.25, 0.3) is 0 Å². The normalized spacial score (nSPS) is 9.58. The van der Waals surface area contributed by atoms with Gasteiger partial charge in [-0.1, -0.05) is 0 Å². The van der Waals surface area contributed by atoms with Crippen LogP contribution in [0.25, 0.3) is 0 Å². The van der Waals surface area contributed by atoms with Crippen LogP contribution < -0.4 is 9.47 Å². The summed E-state index contributed by atoms with van der Waals surface area (Å²) in [6.07, 6.45) is 0. The molecule has 0 saturated carbocycles. The van der Waals surface area contributed by atoms with Gasteiger partial charge < -0.3 is 9.47 Å². The van der Waals surface area contributed by atoms with Gasteiger partial charge >= 0.3 is 0 Å². The lowest BCUT2D eigenvalue weighted by Crippen LogP contribution is -1.94. The first-order chi connectivity index (χ1) is 5.77. The SMILES string of the molecule is CCOc1ccc(S)cc1OC. The Morgan fingerprint density at radius 3 is 2.67 bits per heavy atom. The zero-order chi connectivity index (χ0) is 8.97. The predicted molar refractivity (Wildman–Crippen MR) is 51.4 cm³/mol. The van der Waals surface area contributed by atoms with Gasteiger partial charge in [0.15, 0.2) is 11.5 Å². The summed E-state index contributed by atoms with van der Waals surface area (Å²) in [6.45, 7) is 2.58. The number of hydrogen-bond acceptors (Lipinski definition) is 3. The lowest BCUT2D eigenvalue weighted by Gasteiger charge is -2.08. The Labute approximate surface area is 77.9 Å². The van der Waals surface area contributed by atoms with Crippen LogP contribution in [0, 0.1) is 0 Å². The van der Waals surface area contributed by atoms with Crippen LogP contribution in [0.5, 0.6) is 11.5 Å². The molecule has 1 aromatic carbocycles. The smallest absolute Gasteiger partial charge is 0.161 e. The topological polar surface area (TPSA) is 18.5 Å². The zero-order valence-corrected chi connectivity index (χ0v) is 8.10. The molecule has 0 radical (unpaired) electrons. The molecule has 0 amide bonds. The number of methoxy groups -OCH3 is 1. The summed E-state index contributed by atoms with van der Waals surface area (Å²) in [6, 6.07) is 5.55. The summed E-state index contributed by atoms with van der Waals surface area (Å²) in [5.74, 6) is 1.49. The van der Waals surface area contributed by atoms with Gasteiger partial charge in [-0.2, -0.15) is 0 Å². The van der Waals surface area contributed by atoms with Crippen LogP contribution in [0.15, 0.2) is 23.1 Å². The van der Waals surface area contributed by atoms with Crippen LogP contribution in [0.2, 0.25) is 0 Å². The van der Waals surface area contributed by atoms with Crippen molar-refractivity contribution >= 4 is 12.6 Å². The van der Waals surface area contributed by atoms with Crippen molar-refractivity contribution in [2.24, 2.45) is 0 Å². The molecule has 0 fully saturated rings. The molecule has 66 valence electrons. The number of thiol groups is 1. The van der Waals surface area contributed by atoms with Gasteiger partial charge in [0.1, 0.15) is 0 Å². The van der Waals surface area contributed by atoms with E-state index in [0.29, 0.717) is 6.61 Å². The Morgan fingerprint density at radius 1 is 1.33 bits per heavy atom. The highest BCUT2D eigenvalue weighted by atomic mass is 32.1. The minimum absolute atomic E-state index is 0.641. The number of ether oxygens (including phenoxy) is 2. The summed E-state index contributed by atoms with van der Waals surface area (Å²) in [7, 11) is 1.62. The third kappa shape index (κ3) is 2.08. The molecule has 3 heteroatoms. The van der Waals surface area contributed by atoms with E-state index in [2.05, 4.69) is 12.6 Å². The van der Waals surface area contributed by atoms with Crippen molar-refractivity contribution in [2.75, 3.05) is 13.7 Å². The average Bonchev–Trinajstić information content (AvgIpc) is 2.08. The van der Waals surface area contributed by atoms with E-state index in [1.165, 1.54) is 0 Å². The first kappa shape index (κ1) is 9.26. The van der Waals surface area contributed by atoms with Crippen LogP contribution in [0.4, 0.5) is 0 Å². The van der Waals surface area contributed by atoms with E-state index in [9.17, 15) is 0 Å². The second-order valence-electron chi connectivity index (χ2n) is 2.27. The molecule has 0 aliphatic heterocycles. The lowest BCUT2D eigenvalue weighted by molar-refractivity contribution is 0.310. The van der Waals surface area contributed by atoms with Crippen LogP contribution in [-0.2, 0) is 0 Å². The van der Waals surface area contributed by atoms with Crippen molar-refractivity contribution in [3.8, 4) is 11.5 Å². The molecule has 0 aliphatic carbocycles. The molecule has 0 atom stereocenters. The largest absolute Gasteiger partial charge is 0.493 e. The fraction of sp³-hybridized carbons (Fsp3) is 0.333. The molecule has 0 aromatic heterocycles. The maximum Gasteiger partial charge on any atom is 0.161 e. The van der Waals surface area contributed by atoms with E-state index < -0.39 is 0 Å². The average molecular weight is 184 g/mol. The summed E-state index contributed by atoms with van der Waals surface area (Å²) in [5.41, 5.74) is 0. The zero-order valence-electron chi connectivity index (χ0n) is 7.20. The number of rotatable bonds is 3. The standard InChI is InChI=1S/C9H12O2S/c1-3-11-8-5-4-7(12)6-9(8)10-2/h4-6,12H,3H2,1-2H3. The third-order valence-electron chi connectivity index (χ3n) is 1.45. The molecule has 1 aromatic rings. The summed E-state index contributed by atoms with van der Waals surface area (Å²) < 4.78 is 10.4. The minimum atomic E-state index is 0.641. The maximum absolute atomic E-state index is 5.32. The Bertz CT molecular complexity index is 261. The molecule has 0 heterocycles. The van der Waals surface area contributed by atoms with Gasteiger partial charge in [-0.25, -0.2) is 0 Å². The molecule has 0 saturated heterocycles. The fourth-order valence-corrected chi connectivity index (χ4v) is 1.12. The van der Waals surface area contributed by atoms with Crippen LogP contribution in [-0.4, -0.2) is 13.7 Å². The number of hydrogen-bond donors (Lipinski definition) is 1. The van der Waals surface area contributed by atoms with Gasteiger partial charge in [-0.3, -0.25) is 0 Å². The van der Waals surface area contributed by atoms with Crippen LogP contribution in [0.3, 0.4) is 0 Å². The van der Waals surface area contributed by atoms with Crippen LogP contribution in [0.1, 0.15) is 6.92 Å². The van der Waals surface area contributed by atoms with Crippen molar-refractivity contribution in [1.29, 1.82) is 0 Å². The molecule has 0 unspecified atom stereocenters. The molecule has 12 heavy (non-hydrogen) atoms. The highest BCUT2D eigenvalue weighted by Crippen LogP contribution is 2.28. The van der Waals surface area contributed by atoms with Crippen LogP contribution >= 0.6 is 12.6 Å². The Hall–Kier alpha value is -0.830. The first-order valence-corrected chi connectivity index (χ1v) is 4.22. The molecule has 0 N–H and O–H groups in total. The predicted octanol–water partition coefficient (Wildman–Crippen LogP) is 2.38. The van der Waals surface area contributed by atoms with Crippen molar-refractivity contribution in [2.45, 2.75) is 11.8 Å². The highest BCUT2D eigenvalue weighted by molar-refractivity contribution is 7.80. The van der Waals surface area contributed by atoms with E-state index in [0.717, 1.165) is 16.4 Å². The summed E-state index contributed by atoms with van der Waals surface area (Å²) >= 11 is 4.19. The van der Waals surface area contributed by atoms with E-state index in [4.69, 9.17) is 9.47 Å². The van der Waals surface area contributed by atoms with Gasteiger partial charge in [0.05, 0.1) is 13.7 Å². The van der Waals surface area contributed by atoms with E-state index in [1.54, 1.807) is 7.11 Å². The van der Waals surface area contributed by atoms with Gasteiger partial charge in [-0.05, 0) is 25.1 Å². The monoisotopic (exact) mass is 184 g/mol. The Balaban J connectivity index is 2.94. The second kappa shape index (κ2) is 4.26. The second-order valence-corrected chi connectivity index (χ2v) is 2.78. The molecular weight excluding hydrogens is 172 g/mol. The van der Waals surface area contributed by atoms with Crippen molar-refractivity contribution in [3.05, 3.63) is 18.2 Å². The first-order valence-electron chi connectivity index (χ1n) is 3.77. The minimum Gasteiger partial charge on any atom is -0.493 e. The summed E-state index contributed by atoms with van der Waals surface area (Å²) in [5, 5.41) is 0. The quantitative estimate of drug-likeness (QED) is 0.727. The van der Waals surface area contributed by atoms with E-state index >= 15 is 0 Å². The highest BCUT2D eigenvalue weighted by Gasteiger charge is 2.02. The van der Waals surface area contributed by atoms with Crippen molar-refractivity contribution in [3.63, 3.8) is 0 Å². The van der Waals surface area contributed by atoms with Gasteiger partial charge in [0, 0.05) is 4.90 Å². The maximum atomic E-state index is 5.32. The molecule has 0 bridgehead atoms. The lowest BCUT2D eigenvalue weighted by atomic mass is 10.3. The van der Waals surface area contributed by atoms with Crippen molar-refractivity contribution < 1.29 is 9.47 Å². The summed E-state index contributed by atoms with van der Waals surface area (Å²) in [4.78, 5) is 0.871. The Kier molecular flexibility index (Phi) is 3.29. The van der Waals surface area contributed by atoms with E-state index in [-0.39, 0.29) is 0 Å². The molecule has 0 aliphatic rings. The van der Waals surface area contributed by atoms with Gasteiger partial charge in [-0.15, -0.1) is 12.6 Å². The van der Waals surface area contributed by atoms with E-state index in [1.807, 2.05) is 25.1 Å². The molecule has 1 rings (SSSR count). The van der Waals surface area contributed by atoms with Crippen molar-refractivity contribution in [1.82, 2.24) is 0 Å². The fourth-order valence-electron chi connectivity index (χ4n) is 0.931. The molecule has 2 nitrogen and oxygen atoms in total.